The number of ether oxygens (including phenoxy) is 4. The lowest BCUT2D eigenvalue weighted by Crippen LogP contribution is -2.50. The highest BCUT2D eigenvalue weighted by atomic mass is 16.8. The topological polar surface area (TPSA) is 71.1 Å². The molecule has 2 aromatic carbocycles. The molecule has 1 aliphatic heterocycles. The second-order valence-corrected chi connectivity index (χ2v) is 6.04. The second kappa shape index (κ2) is 7.95. The normalized spacial score (nSPS) is 16.5. The highest BCUT2D eigenvalue weighted by molar-refractivity contribution is 6.02. The minimum Gasteiger partial charge on any atom is -0.452 e. The summed E-state index contributed by atoms with van der Waals surface area (Å²) in [6.07, 6.45) is 1.04. The molecular weight excluding hydrogens is 348 g/mol. The van der Waals surface area contributed by atoms with Crippen LogP contribution in [0.25, 0.3) is 0 Å². The molecule has 0 spiro atoms. The summed E-state index contributed by atoms with van der Waals surface area (Å²) in [5.41, 5.74) is 1.55. The molecular formula is C21H20O6. The fraction of sp³-hybridized carbons (Fsp3) is 0.238. The Balaban J connectivity index is 1.72. The van der Waals surface area contributed by atoms with Gasteiger partial charge in [-0.2, -0.15) is 0 Å². The third kappa shape index (κ3) is 3.95. The van der Waals surface area contributed by atoms with Crippen LogP contribution < -0.4 is 0 Å². The maximum absolute atomic E-state index is 12.7. The van der Waals surface area contributed by atoms with Gasteiger partial charge in [0.25, 0.3) is 0 Å². The molecule has 0 aromatic heterocycles. The van der Waals surface area contributed by atoms with Crippen molar-refractivity contribution in [3.8, 4) is 0 Å². The molecule has 1 aliphatic rings. The SMILES string of the molecule is CC(OC(=O)C1(C(=O)OC(C)c2ccccc2)OC=CO1)c1ccccc1. The second-order valence-electron chi connectivity index (χ2n) is 6.04. The van der Waals surface area contributed by atoms with Crippen LogP contribution in [0, 0.1) is 0 Å². The van der Waals surface area contributed by atoms with Crippen LogP contribution in [0.15, 0.2) is 73.2 Å². The maximum atomic E-state index is 12.7. The number of esters is 2. The molecule has 0 bridgehead atoms. The van der Waals surface area contributed by atoms with Gasteiger partial charge >= 0.3 is 17.7 Å². The minimum absolute atomic E-state index is 0.595. The van der Waals surface area contributed by atoms with Gasteiger partial charge in [0.1, 0.15) is 24.7 Å². The first-order chi connectivity index (χ1) is 13.0. The van der Waals surface area contributed by atoms with E-state index in [1.54, 1.807) is 13.8 Å². The monoisotopic (exact) mass is 368 g/mol. The van der Waals surface area contributed by atoms with Crippen molar-refractivity contribution in [3.05, 3.63) is 84.3 Å². The summed E-state index contributed by atoms with van der Waals surface area (Å²) in [6, 6.07) is 18.3. The molecule has 0 aliphatic carbocycles. The lowest BCUT2D eigenvalue weighted by Gasteiger charge is -2.26. The summed E-state index contributed by atoms with van der Waals surface area (Å²) in [7, 11) is 0. The van der Waals surface area contributed by atoms with Crippen molar-refractivity contribution < 1.29 is 28.5 Å². The van der Waals surface area contributed by atoms with Crippen molar-refractivity contribution in [2.75, 3.05) is 0 Å². The molecule has 2 aromatic rings. The van der Waals surface area contributed by atoms with Crippen molar-refractivity contribution in [2.45, 2.75) is 31.8 Å². The Morgan fingerprint density at radius 3 is 1.48 bits per heavy atom. The van der Waals surface area contributed by atoms with E-state index >= 15 is 0 Å². The Morgan fingerprint density at radius 1 is 0.741 bits per heavy atom. The average molecular weight is 368 g/mol. The molecule has 0 saturated carbocycles. The molecule has 140 valence electrons. The number of benzene rings is 2. The Labute approximate surface area is 157 Å². The Morgan fingerprint density at radius 2 is 1.11 bits per heavy atom. The zero-order valence-electron chi connectivity index (χ0n) is 15.0. The smallest absolute Gasteiger partial charge is 0.452 e. The molecule has 1 heterocycles. The van der Waals surface area contributed by atoms with E-state index in [4.69, 9.17) is 18.9 Å². The van der Waals surface area contributed by atoms with Crippen molar-refractivity contribution in [2.24, 2.45) is 0 Å². The van der Waals surface area contributed by atoms with Gasteiger partial charge in [0.2, 0.25) is 0 Å². The van der Waals surface area contributed by atoms with Gasteiger partial charge < -0.3 is 18.9 Å². The first-order valence-electron chi connectivity index (χ1n) is 8.55. The minimum atomic E-state index is -2.30. The Hall–Kier alpha value is -3.28. The van der Waals surface area contributed by atoms with E-state index in [9.17, 15) is 9.59 Å². The molecule has 6 heteroatoms. The molecule has 2 unspecified atom stereocenters. The van der Waals surface area contributed by atoms with E-state index < -0.39 is 29.9 Å². The molecule has 3 rings (SSSR count). The van der Waals surface area contributed by atoms with Crippen molar-refractivity contribution >= 4 is 11.9 Å². The van der Waals surface area contributed by atoms with Gasteiger partial charge in [-0.3, -0.25) is 0 Å². The quantitative estimate of drug-likeness (QED) is 0.570. The summed E-state index contributed by atoms with van der Waals surface area (Å²) < 4.78 is 21.2. The van der Waals surface area contributed by atoms with Crippen LogP contribution >= 0.6 is 0 Å². The average Bonchev–Trinajstić information content (AvgIpc) is 3.20. The lowest BCUT2D eigenvalue weighted by atomic mass is 10.1. The lowest BCUT2D eigenvalue weighted by molar-refractivity contribution is -0.222. The van der Waals surface area contributed by atoms with Gasteiger partial charge in [0.15, 0.2) is 0 Å². The summed E-state index contributed by atoms with van der Waals surface area (Å²) in [4.78, 5) is 25.4. The molecule has 0 fully saturated rings. The molecule has 0 saturated heterocycles. The van der Waals surface area contributed by atoms with Gasteiger partial charge in [-0.1, -0.05) is 60.7 Å². The number of carbonyl (C=O) groups is 2. The van der Waals surface area contributed by atoms with Gasteiger partial charge in [-0.15, -0.1) is 0 Å². The first kappa shape index (κ1) is 18.5. The third-order valence-electron chi connectivity index (χ3n) is 4.17. The fourth-order valence-corrected chi connectivity index (χ4v) is 2.61. The van der Waals surface area contributed by atoms with E-state index in [0.717, 1.165) is 23.7 Å². The summed E-state index contributed by atoms with van der Waals surface area (Å²) in [5, 5.41) is 0. The predicted octanol–water partition coefficient (Wildman–Crippen LogP) is 3.81. The van der Waals surface area contributed by atoms with E-state index in [0.29, 0.717) is 0 Å². The van der Waals surface area contributed by atoms with Gasteiger partial charge in [0.05, 0.1) is 0 Å². The molecule has 27 heavy (non-hydrogen) atoms. The van der Waals surface area contributed by atoms with E-state index in [2.05, 4.69) is 0 Å². The van der Waals surface area contributed by atoms with E-state index in [1.807, 2.05) is 60.7 Å². The van der Waals surface area contributed by atoms with Crippen LogP contribution in [0.1, 0.15) is 37.2 Å². The van der Waals surface area contributed by atoms with Crippen LogP contribution in [0.4, 0.5) is 0 Å². The summed E-state index contributed by atoms with van der Waals surface area (Å²) in [6.45, 7) is 3.39. The number of hydrogen-bond donors (Lipinski definition) is 0. The first-order valence-corrected chi connectivity index (χ1v) is 8.55. The summed E-state index contributed by atoms with van der Waals surface area (Å²) in [5.74, 6) is -4.25. The molecule has 2 atom stereocenters. The van der Waals surface area contributed by atoms with Crippen molar-refractivity contribution in [1.82, 2.24) is 0 Å². The number of carbonyl (C=O) groups excluding carboxylic acids is 2. The fourth-order valence-electron chi connectivity index (χ4n) is 2.61. The zero-order chi connectivity index (χ0) is 19.3. The standard InChI is InChI=1S/C21H20O6/c1-15(17-9-5-3-6-10-17)26-19(22)21(24-13-14-25-21)20(23)27-16(2)18-11-7-4-8-12-18/h3-16H,1-2H3. The maximum Gasteiger partial charge on any atom is 0.452 e. The summed E-state index contributed by atoms with van der Waals surface area (Å²) >= 11 is 0. The van der Waals surface area contributed by atoms with Crippen LogP contribution in [0.2, 0.25) is 0 Å². The third-order valence-corrected chi connectivity index (χ3v) is 4.17. The zero-order valence-corrected chi connectivity index (χ0v) is 15.0. The van der Waals surface area contributed by atoms with Crippen molar-refractivity contribution in [3.63, 3.8) is 0 Å². The van der Waals surface area contributed by atoms with Gasteiger partial charge in [-0.25, -0.2) is 9.59 Å². The van der Waals surface area contributed by atoms with E-state index in [1.165, 1.54) is 0 Å². The highest BCUT2D eigenvalue weighted by Crippen LogP contribution is 2.29. The Kier molecular flexibility index (Phi) is 5.45. The van der Waals surface area contributed by atoms with Crippen molar-refractivity contribution in [1.29, 1.82) is 0 Å². The largest absolute Gasteiger partial charge is 0.452 e. The number of rotatable bonds is 6. The van der Waals surface area contributed by atoms with Crippen LogP contribution in [-0.2, 0) is 28.5 Å². The van der Waals surface area contributed by atoms with Gasteiger partial charge in [-0.05, 0) is 25.0 Å². The molecule has 0 radical (unpaired) electrons. The number of hydrogen-bond acceptors (Lipinski definition) is 6. The molecule has 0 amide bonds. The van der Waals surface area contributed by atoms with Crippen LogP contribution in [-0.4, -0.2) is 17.7 Å². The predicted molar refractivity (Wildman–Crippen MR) is 95.9 cm³/mol. The van der Waals surface area contributed by atoms with Crippen LogP contribution in [0.5, 0.6) is 0 Å². The Bertz CT molecular complexity index is 746. The van der Waals surface area contributed by atoms with E-state index in [-0.39, 0.29) is 0 Å². The van der Waals surface area contributed by atoms with Gasteiger partial charge in [0, 0.05) is 0 Å². The molecule has 0 N–H and O–H groups in total. The molecule has 6 nitrogen and oxygen atoms in total. The highest BCUT2D eigenvalue weighted by Gasteiger charge is 2.57. The van der Waals surface area contributed by atoms with Crippen LogP contribution in [0.3, 0.4) is 0 Å².